The molecule has 128 valence electrons. The molecule has 0 spiro atoms. The van der Waals surface area contributed by atoms with Gasteiger partial charge in [-0.3, -0.25) is 0 Å². The number of hydrogen-bond acceptors (Lipinski definition) is 4. The van der Waals surface area contributed by atoms with E-state index < -0.39 is 17.8 Å². The summed E-state index contributed by atoms with van der Waals surface area (Å²) in [6.07, 6.45) is -4.68. The Hall–Kier alpha value is -2.15. The number of anilines is 1. The monoisotopic (exact) mass is 337 g/mol. The van der Waals surface area contributed by atoms with Crippen molar-refractivity contribution in [3.63, 3.8) is 0 Å². The minimum Gasteiger partial charge on any atom is -0.391 e. The minimum atomic E-state index is -4.39. The summed E-state index contributed by atoms with van der Waals surface area (Å²) in [7, 11) is 0. The Morgan fingerprint density at radius 1 is 1.12 bits per heavy atom. The molecule has 2 heterocycles. The van der Waals surface area contributed by atoms with E-state index in [4.69, 9.17) is 0 Å². The molecule has 7 heteroatoms. The fourth-order valence-electron chi connectivity index (χ4n) is 3.11. The highest BCUT2D eigenvalue weighted by molar-refractivity contribution is 5.41. The molecular weight excluding hydrogens is 319 g/mol. The van der Waals surface area contributed by atoms with Gasteiger partial charge in [-0.2, -0.15) is 13.2 Å². The van der Waals surface area contributed by atoms with Crippen LogP contribution in [0, 0.1) is 13.8 Å². The third-order valence-corrected chi connectivity index (χ3v) is 4.11. The van der Waals surface area contributed by atoms with Gasteiger partial charge < -0.3 is 10.0 Å². The van der Waals surface area contributed by atoms with E-state index in [0.29, 0.717) is 24.5 Å². The largest absolute Gasteiger partial charge is 0.416 e. The summed E-state index contributed by atoms with van der Waals surface area (Å²) >= 11 is 0. The summed E-state index contributed by atoms with van der Waals surface area (Å²) in [5.74, 6) is 0.437. The van der Waals surface area contributed by atoms with Crippen molar-refractivity contribution >= 4 is 5.95 Å². The van der Waals surface area contributed by atoms with Crippen LogP contribution >= 0.6 is 0 Å². The maximum Gasteiger partial charge on any atom is 0.416 e. The van der Waals surface area contributed by atoms with E-state index in [1.54, 1.807) is 11.0 Å². The quantitative estimate of drug-likeness (QED) is 0.912. The number of benzene rings is 1. The second-order valence-corrected chi connectivity index (χ2v) is 6.13. The molecule has 4 nitrogen and oxygen atoms in total. The molecule has 2 aromatic rings. The van der Waals surface area contributed by atoms with Crippen LogP contribution < -0.4 is 4.90 Å². The van der Waals surface area contributed by atoms with Gasteiger partial charge in [0, 0.05) is 17.9 Å². The van der Waals surface area contributed by atoms with Gasteiger partial charge in [-0.25, -0.2) is 9.97 Å². The van der Waals surface area contributed by atoms with E-state index in [1.165, 1.54) is 6.07 Å². The van der Waals surface area contributed by atoms with Crippen molar-refractivity contribution < 1.29 is 18.3 Å². The first-order chi connectivity index (χ1) is 11.2. The van der Waals surface area contributed by atoms with Gasteiger partial charge in [0.1, 0.15) is 0 Å². The Morgan fingerprint density at radius 2 is 1.79 bits per heavy atom. The zero-order valence-corrected chi connectivity index (χ0v) is 13.4. The fourth-order valence-corrected chi connectivity index (χ4v) is 3.11. The summed E-state index contributed by atoms with van der Waals surface area (Å²) in [5, 5.41) is 10.0. The van der Waals surface area contributed by atoms with Crippen LogP contribution in [-0.2, 0) is 6.18 Å². The van der Waals surface area contributed by atoms with Crippen molar-refractivity contribution in [2.24, 2.45) is 0 Å². The Labute approximate surface area is 138 Å². The maximum atomic E-state index is 13.0. The van der Waals surface area contributed by atoms with Crippen LogP contribution in [0.4, 0.5) is 19.1 Å². The molecular formula is C17H18F3N3O. The average molecular weight is 337 g/mol. The van der Waals surface area contributed by atoms with E-state index in [1.807, 2.05) is 19.9 Å². The SMILES string of the molecule is Cc1cc(C)nc(N2CC(O)CC2c2cccc(C(F)(F)F)c2)n1. The number of aryl methyl sites for hydroxylation is 2. The third-order valence-electron chi connectivity index (χ3n) is 4.11. The lowest BCUT2D eigenvalue weighted by atomic mass is 10.0. The van der Waals surface area contributed by atoms with Crippen LogP contribution in [-0.4, -0.2) is 27.7 Å². The Bertz CT molecular complexity index is 728. The van der Waals surface area contributed by atoms with E-state index in [-0.39, 0.29) is 6.04 Å². The van der Waals surface area contributed by atoms with Crippen molar-refractivity contribution in [2.45, 2.75) is 38.6 Å². The number of aromatic nitrogens is 2. The van der Waals surface area contributed by atoms with Crippen LogP contribution in [0.25, 0.3) is 0 Å². The highest BCUT2D eigenvalue weighted by Gasteiger charge is 2.36. The van der Waals surface area contributed by atoms with Crippen molar-refractivity contribution in [1.29, 1.82) is 0 Å². The molecule has 1 aliphatic rings. The first-order valence-electron chi connectivity index (χ1n) is 7.68. The summed E-state index contributed by atoms with van der Waals surface area (Å²) in [6, 6.07) is 6.67. The molecule has 3 rings (SSSR count). The highest BCUT2D eigenvalue weighted by Crippen LogP contribution is 2.37. The van der Waals surface area contributed by atoms with Gasteiger partial charge in [0.2, 0.25) is 5.95 Å². The van der Waals surface area contributed by atoms with Gasteiger partial charge in [-0.05, 0) is 44.0 Å². The molecule has 1 aliphatic heterocycles. The van der Waals surface area contributed by atoms with E-state index in [9.17, 15) is 18.3 Å². The molecule has 1 aromatic heterocycles. The molecule has 0 saturated carbocycles. The van der Waals surface area contributed by atoms with Crippen LogP contribution in [0.15, 0.2) is 30.3 Å². The Balaban J connectivity index is 1.99. The van der Waals surface area contributed by atoms with Crippen molar-refractivity contribution in [2.75, 3.05) is 11.4 Å². The van der Waals surface area contributed by atoms with E-state index >= 15 is 0 Å². The third kappa shape index (κ3) is 3.36. The number of rotatable bonds is 2. The van der Waals surface area contributed by atoms with Gasteiger partial charge in [-0.15, -0.1) is 0 Å². The van der Waals surface area contributed by atoms with Gasteiger partial charge in [-0.1, -0.05) is 12.1 Å². The molecule has 0 aliphatic carbocycles. The van der Waals surface area contributed by atoms with Crippen LogP contribution in [0.3, 0.4) is 0 Å². The van der Waals surface area contributed by atoms with E-state index in [2.05, 4.69) is 9.97 Å². The van der Waals surface area contributed by atoms with Crippen LogP contribution in [0.5, 0.6) is 0 Å². The molecule has 2 atom stereocenters. The number of nitrogens with zero attached hydrogens (tertiary/aromatic N) is 3. The summed E-state index contributed by atoms with van der Waals surface area (Å²) in [4.78, 5) is 10.5. The van der Waals surface area contributed by atoms with Crippen LogP contribution in [0.1, 0.15) is 35.0 Å². The molecule has 0 radical (unpaired) electrons. The standard InChI is InChI=1S/C17H18F3N3O/c1-10-6-11(2)22-16(21-10)23-9-14(24)8-15(23)12-4-3-5-13(7-12)17(18,19)20/h3-7,14-15,24H,8-9H2,1-2H3. The summed E-state index contributed by atoms with van der Waals surface area (Å²) in [6.45, 7) is 3.97. The molecule has 1 saturated heterocycles. The second-order valence-electron chi connectivity index (χ2n) is 6.13. The number of aliphatic hydroxyl groups is 1. The average Bonchev–Trinajstić information content (AvgIpc) is 2.88. The second kappa shape index (κ2) is 6.05. The zero-order valence-electron chi connectivity index (χ0n) is 13.4. The van der Waals surface area contributed by atoms with Crippen LogP contribution in [0.2, 0.25) is 0 Å². The van der Waals surface area contributed by atoms with Crippen molar-refractivity contribution in [3.8, 4) is 0 Å². The number of halogens is 3. The van der Waals surface area contributed by atoms with Gasteiger partial charge >= 0.3 is 6.18 Å². The predicted molar refractivity (Wildman–Crippen MR) is 83.7 cm³/mol. The highest BCUT2D eigenvalue weighted by atomic mass is 19.4. The van der Waals surface area contributed by atoms with Gasteiger partial charge in [0.25, 0.3) is 0 Å². The number of alkyl halides is 3. The molecule has 1 aromatic carbocycles. The lowest BCUT2D eigenvalue weighted by Crippen LogP contribution is -2.27. The zero-order chi connectivity index (χ0) is 17.5. The van der Waals surface area contributed by atoms with Crippen molar-refractivity contribution in [3.05, 3.63) is 52.8 Å². The number of hydrogen-bond donors (Lipinski definition) is 1. The first-order valence-corrected chi connectivity index (χ1v) is 7.68. The lowest BCUT2D eigenvalue weighted by molar-refractivity contribution is -0.137. The molecule has 1 N–H and O–H groups in total. The Morgan fingerprint density at radius 3 is 2.42 bits per heavy atom. The normalized spacial score (nSPS) is 21.3. The van der Waals surface area contributed by atoms with Gasteiger partial charge in [0.15, 0.2) is 0 Å². The van der Waals surface area contributed by atoms with E-state index in [0.717, 1.165) is 23.5 Å². The molecule has 24 heavy (non-hydrogen) atoms. The van der Waals surface area contributed by atoms with Crippen molar-refractivity contribution in [1.82, 2.24) is 9.97 Å². The fraction of sp³-hybridized carbons (Fsp3) is 0.412. The number of aliphatic hydroxyl groups excluding tert-OH is 1. The molecule has 1 fully saturated rings. The lowest BCUT2D eigenvalue weighted by Gasteiger charge is -2.25. The molecule has 0 amide bonds. The first kappa shape index (κ1) is 16.7. The molecule has 2 unspecified atom stereocenters. The summed E-state index contributed by atoms with van der Waals surface area (Å²) in [5.41, 5.74) is 1.37. The van der Waals surface area contributed by atoms with Gasteiger partial charge in [0.05, 0.1) is 17.7 Å². The molecule has 0 bridgehead atoms. The number of β-amino-alcohol motifs (C(OH)–C–C–N with tert-alkyl or cyclic N) is 1. The summed E-state index contributed by atoms with van der Waals surface area (Å²) < 4.78 is 38.9. The maximum absolute atomic E-state index is 13.0. The smallest absolute Gasteiger partial charge is 0.391 e. The minimum absolute atomic E-state index is 0.295. The topological polar surface area (TPSA) is 49.2 Å². The Kier molecular flexibility index (Phi) is 4.21. The predicted octanol–water partition coefficient (Wildman–Crippen LogP) is 3.42.